The second kappa shape index (κ2) is 3.92. The molecule has 6 heteroatoms. The number of para-hydroxylation sites is 1. The van der Waals surface area contributed by atoms with Gasteiger partial charge < -0.3 is 0 Å². The van der Waals surface area contributed by atoms with Crippen LogP contribution in [0.2, 0.25) is 0 Å². The number of amides is 4. The van der Waals surface area contributed by atoms with E-state index in [1.165, 1.54) is 5.01 Å². The van der Waals surface area contributed by atoms with Crippen molar-refractivity contribution in [1.29, 1.82) is 0 Å². The molecule has 2 aliphatic rings. The number of carbonyl (C=O) groups is 3. The van der Waals surface area contributed by atoms with E-state index < -0.39 is 17.8 Å². The number of benzene rings is 2. The fourth-order valence-electron chi connectivity index (χ4n) is 2.44. The van der Waals surface area contributed by atoms with Gasteiger partial charge in [-0.3, -0.25) is 9.59 Å². The molecule has 0 spiro atoms. The zero-order chi connectivity index (χ0) is 14.6. The van der Waals surface area contributed by atoms with Crippen LogP contribution in [0.5, 0.6) is 0 Å². The van der Waals surface area contributed by atoms with Crippen LogP contribution in [0.3, 0.4) is 0 Å². The summed E-state index contributed by atoms with van der Waals surface area (Å²) in [5.41, 5.74) is 1.24. The Kier molecular flexibility index (Phi) is 2.18. The molecule has 0 saturated carbocycles. The average molecular weight is 279 g/mol. The largest absolute Gasteiger partial charge is 0.385 e. The van der Waals surface area contributed by atoms with Crippen molar-refractivity contribution in [2.45, 2.75) is 0 Å². The summed E-state index contributed by atoms with van der Waals surface area (Å²) in [5, 5.41) is 3.21. The molecule has 6 nitrogen and oxygen atoms in total. The number of hydrazine groups is 2. The summed E-state index contributed by atoms with van der Waals surface area (Å²) in [6.07, 6.45) is 0. The minimum absolute atomic E-state index is 0.315. The molecule has 0 N–H and O–H groups in total. The second-order valence-corrected chi connectivity index (χ2v) is 4.69. The molecule has 0 radical (unpaired) electrons. The number of rotatable bonds is 2. The Hall–Kier alpha value is -3.15. The van der Waals surface area contributed by atoms with Crippen LogP contribution in [0.4, 0.5) is 10.5 Å². The molecule has 0 unspecified atom stereocenters. The Balaban J connectivity index is 1.70. The Morgan fingerprint density at radius 1 is 0.619 bits per heavy atom. The van der Waals surface area contributed by atoms with E-state index in [0.29, 0.717) is 16.8 Å². The minimum Gasteiger partial charge on any atom is -0.267 e. The molecule has 2 aromatic rings. The maximum atomic E-state index is 12.3. The molecule has 2 heterocycles. The van der Waals surface area contributed by atoms with Crippen molar-refractivity contribution in [1.82, 2.24) is 10.1 Å². The number of anilines is 1. The minimum atomic E-state index is -0.484. The Labute approximate surface area is 119 Å². The molecule has 1 saturated heterocycles. The third-order valence-corrected chi connectivity index (χ3v) is 3.47. The zero-order valence-corrected chi connectivity index (χ0v) is 10.8. The van der Waals surface area contributed by atoms with E-state index in [4.69, 9.17) is 0 Å². The molecular formula is C15H9N3O3. The highest BCUT2D eigenvalue weighted by Gasteiger charge is 2.55. The smallest absolute Gasteiger partial charge is 0.267 e. The van der Waals surface area contributed by atoms with Gasteiger partial charge in [-0.15, -0.1) is 5.12 Å². The molecule has 4 rings (SSSR count). The first kappa shape index (κ1) is 11.7. The molecule has 102 valence electrons. The van der Waals surface area contributed by atoms with E-state index >= 15 is 0 Å². The lowest BCUT2D eigenvalue weighted by molar-refractivity contribution is 0.0413. The SMILES string of the molecule is O=C1c2ccccc2C(=O)N1N1C(=O)N1c1ccccc1. The third kappa shape index (κ3) is 1.50. The fourth-order valence-corrected chi connectivity index (χ4v) is 2.44. The van der Waals surface area contributed by atoms with Gasteiger partial charge in [-0.2, -0.15) is 10.0 Å². The summed E-state index contributed by atoms with van der Waals surface area (Å²) < 4.78 is 0. The molecule has 4 amide bonds. The van der Waals surface area contributed by atoms with E-state index in [-0.39, 0.29) is 0 Å². The normalized spacial score (nSPS) is 16.6. The van der Waals surface area contributed by atoms with Crippen LogP contribution in [0, 0.1) is 0 Å². The molecule has 21 heavy (non-hydrogen) atoms. The number of imide groups is 1. The first-order valence-electron chi connectivity index (χ1n) is 6.37. The topological polar surface area (TPSA) is 60.5 Å². The van der Waals surface area contributed by atoms with Crippen molar-refractivity contribution >= 4 is 23.5 Å². The van der Waals surface area contributed by atoms with Crippen LogP contribution in [0.1, 0.15) is 20.7 Å². The summed E-state index contributed by atoms with van der Waals surface area (Å²) in [5.74, 6) is -0.968. The van der Waals surface area contributed by atoms with Crippen LogP contribution >= 0.6 is 0 Å². The molecule has 2 aliphatic heterocycles. The van der Waals surface area contributed by atoms with Gasteiger partial charge in [-0.05, 0) is 24.3 Å². The van der Waals surface area contributed by atoms with Crippen LogP contribution in [0.15, 0.2) is 54.6 Å². The van der Waals surface area contributed by atoms with Gasteiger partial charge in [-0.25, -0.2) is 4.79 Å². The molecule has 0 aliphatic carbocycles. The predicted octanol–water partition coefficient (Wildman–Crippen LogP) is 2.05. The van der Waals surface area contributed by atoms with E-state index in [0.717, 1.165) is 10.1 Å². The lowest BCUT2D eigenvalue weighted by Crippen LogP contribution is -2.37. The first-order valence-corrected chi connectivity index (χ1v) is 6.37. The van der Waals surface area contributed by atoms with Crippen LogP contribution in [-0.4, -0.2) is 28.0 Å². The number of carbonyl (C=O) groups excluding carboxylic acids is 3. The maximum Gasteiger partial charge on any atom is 0.385 e. The number of urea groups is 1. The second-order valence-electron chi connectivity index (χ2n) is 4.69. The highest BCUT2D eigenvalue weighted by Crippen LogP contribution is 2.35. The van der Waals surface area contributed by atoms with E-state index in [1.54, 1.807) is 48.5 Å². The molecule has 0 bridgehead atoms. The van der Waals surface area contributed by atoms with Gasteiger partial charge in [0.25, 0.3) is 11.8 Å². The number of hydrogen-bond acceptors (Lipinski definition) is 3. The lowest BCUT2D eigenvalue weighted by Gasteiger charge is -2.13. The van der Waals surface area contributed by atoms with E-state index in [1.807, 2.05) is 6.07 Å². The van der Waals surface area contributed by atoms with Gasteiger partial charge in [0.15, 0.2) is 0 Å². The van der Waals surface area contributed by atoms with Gasteiger partial charge in [0.2, 0.25) is 0 Å². The Bertz CT molecular complexity index is 753. The third-order valence-electron chi connectivity index (χ3n) is 3.47. The van der Waals surface area contributed by atoms with Crippen molar-refractivity contribution in [2.75, 3.05) is 5.01 Å². The van der Waals surface area contributed by atoms with Crippen molar-refractivity contribution < 1.29 is 14.4 Å². The van der Waals surface area contributed by atoms with Gasteiger partial charge >= 0.3 is 6.03 Å². The predicted molar refractivity (Wildman–Crippen MR) is 73.1 cm³/mol. The lowest BCUT2D eigenvalue weighted by atomic mass is 10.1. The van der Waals surface area contributed by atoms with Crippen LogP contribution in [0.25, 0.3) is 0 Å². The number of nitrogens with zero attached hydrogens (tertiary/aromatic N) is 3. The maximum absolute atomic E-state index is 12.3. The van der Waals surface area contributed by atoms with Crippen LogP contribution < -0.4 is 5.01 Å². The van der Waals surface area contributed by atoms with Crippen molar-refractivity contribution in [3.63, 3.8) is 0 Å². The summed E-state index contributed by atoms with van der Waals surface area (Å²) >= 11 is 0. The quantitative estimate of drug-likeness (QED) is 0.624. The number of fused-ring (bicyclic) bond motifs is 1. The zero-order valence-electron chi connectivity index (χ0n) is 10.8. The fraction of sp³-hybridized carbons (Fsp3) is 0. The summed E-state index contributed by atoms with van der Waals surface area (Å²) in [7, 11) is 0. The molecule has 0 atom stereocenters. The van der Waals surface area contributed by atoms with Crippen molar-refractivity contribution in [3.05, 3.63) is 65.7 Å². The van der Waals surface area contributed by atoms with Crippen LogP contribution in [-0.2, 0) is 0 Å². The van der Waals surface area contributed by atoms with E-state index in [9.17, 15) is 14.4 Å². The van der Waals surface area contributed by atoms with Gasteiger partial charge in [0, 0.05) is 0 Å². The van der Waals surface area contributed by atoms with E-state index in [2.05, 4.69) is 0 Å². The number of hydrogen-bond donors (Lipinski definition) is 0. The van der Waals surface area contributed by atoms with Crippen molar-refractivity contribution in [2.24, 2.45) is 0 Å². The first-order chi connectivity index (χ1) is 10.2. The highest BCUT2D eigenvalue weighted by atomic mass is 16.3. The standard InChI is InChI=1S/C15H9N3O3/c19-13-11-8-4-5-9-12(11)14(20)17(13)18-15(21)16(18)10-6-2-1-3-7-10/h1-9H. The van der Waals surface area contributed by atoms with Gasteiger partial charge in [-0.1, -0.05) is 30.3 Å². The summed E-state index contributed by atoms with van der Waals surface area (Å²) in [6.45, 7) is 0. The average Bonchev–Trinajstić information content (AvgIpc) is 3.11. The molecule has 1 fully saturated rings. The summed E-state index contributed by atoms with van der Waals surface area (Å²) in [6, 6.07) is 15.0. The monoisotopic (exact) mass is 279 g/mol. The molecular weight excluding hydrogens is 270 g/mol. The molecule has 2 aromatic carbocycles. The van der Waals surface area contributed by atoms with Gasteiger partial charge in [0.1, 0.15) is 0 Å². The van der Waals surface area contributed by atoms with Crippen molar-refractivity contribution in [3.8, 4) is 0 Å². The molecule has 0 aromatic heterocycles. The Morgan fingerprint density at radius 3 is 1.71 bits per heavy atom. The highest BCUT2D eigenvalue weighted by molar-refractivity contribution is 6.23. The summed E-state index contributed by atoms with van der Waals surface area (Å²) in [4.78, 5) is 36.5. The Morgan fingerprint density at radius 2 is 1.14 bits per heavy atom. The van der Waals surface area contributed by atoms with Gasteiger partial charge in [0.05, 0.1) is 16.8 Å².